The van der Waals surface area contributed by atoms with Crippen LogP contribution in [-0.4, -0.2) is 48.6 Å². The summed E-state index contributed by atoms with van der Waals surface area (Å²) >= 11 is 0. The van der Waals surface area contributed by atoms with Gasteiger partial charge >= 0.3 is 0 Å². The third-order valence-corrected chi connectivity index (χ3v) is 5.03. The summed E-state index contributed by atoms with van der Waals surface area (Å²) in [7, 11) is 2.17. The van der Waals surface area contributed by atoms with Gasteiger partial charge in [-0.15, -0.1) is 0 Å². The van der Waals surface area contributed by atoms with E-state index in [0.717, 1.165) is 19.0 Å². The van der Waals surface area contributed by atoms with Gasteiger partial charge < -0.3 is 10.6 Å². The summed E-state index contributed by atoms with van der Waals surface area (Å²) in [6.45, 7) is 3.00. The molecule has 3 rings (SSSR count). The highest BCUT2D eigenvalue weighted by atomic mass is 16.2. The highest BCUT2D eigenvalue weighted by Gasteiger charge is 2.42. The van der Waals surface area contributed by atoms with Crippen LogP contribution in [0.2, 0.25) is 0 Å². The molecule has 3 fully saturated rings. The Labute approximate surface area is 109 Å². The van der Waals surface area contributed by atoms with Gasteiger partial charge in [-0.05, 0) is 46.1 Å². The van der Waals surface area contributed by atoms with Crippen LogP contribution in [0.25, 0.3) is 0 Å². The lowest BCUT2D eigenvalue weighted by Gasteiger charge is -2.26. The van der Waals surface area contributed by atoms with Crippen LogP contribution in [0, 0.1) is 5.92 Å². The van der Waals surface area contributed by atoms with Gasteiger partial charge in [0.25, 0.3) is 0 Å². The molecule has 1 saturated carbocycles. The molecular formula is C14H25N3O. The van der Waals surface area contributed by atoms with Crippen LogP contribution in [-0.2, 0) is 4.79 Å². The van der Waals surface area contributed by atoms with E-state index in [0.29, 0.717) is 18.1 Å². The van der Waals surface area contributed by atoms with Crippen LogP contribution >= 0.6 is 0 Å². The first kappa shape index (κ1) is 12.4. The number of likely N-dealkylation sites (N-methyl/N-ethyl adjacent to an activating group) is 1. The smallest absolute Gasteiger partial charge is 0.224 e. The molecule has 2 N–H and O–H groups in total. The Kier molecular flexibility index (Phi) is 3.32. The van der Waals surface area contributed by atoms with Crippen molar-refractivity contribution in [3.63, 3.8) is 0 Å². The minimum Gasteiger partial charge on any atom is -0.354 e. The molecule has 0 spiro atoms. The highest BCUT2D eigenvalue weighted by molar-refractivity contribution is 5.80. The molecule has 2 saturated heterocycles. The van der Waals surface area contributed by atoms with Crippen molar-refractivity contribution in [3.8, 4) is 0 Å². The van der Waals surface area contributed by atoms with Gasteiger partial charge in [0.2, 0.25) is 5.91 Å². The maximum absolute atomic E-state index is 12.2. The molecular weight excluding hydrogens is 226 g/mol. The second kappa shape index (κ2) is 4.82. The van der Waals surface area contributed by atoms with Gasteiger partial charge in [0.05, 0.1) is 5.92 Å². The number of hydrogen-bond acceptors (Lipinski definition) is 3. The van der Waals surface area contributed by atoms with E-state index in [-0.39, 0.29) is 11.8 Å². The zero-order valence-corrected chi connectivity index (χ0v) is 11.5. The normalized spacial score (nSPS) is 36.1. The summed E-state index contributed by atoms with van der Waals surface area (Å²) in [5, 5.41) is 6.68. The summed E-state index contributed by atoms with van der Waals surface area (Å²) in [6.07, 6.45) is 6.13. The van der Waals surface area contributed by atoms with Crippen LogP contribution in [0.4, 0.5) is 0 Å². The van der Waals surface area contributed by atoms with Gasteiger partial charge in [-0.25, -0.2) is 0 Å². The van der Waals surface area contributed by atoms with Crippen molar-refractivity contribution in [2.45, 2.75) is 63.2 Å². The van der Waals surface area contributed by atoms with E-state index in [4.69, 9.17) is 0 Å². The molecule has 2 bridgehead atoms. The van der Waals surface area contributed by atoms with Crippen molar-refractivity contribution in [2.24, 2.45) is 5.92 Å². The minimum atomic E-state index is 0.224. The number of amides is 1. The van der Waals surface area contributed by atoms with Crippen molar-refractivity contribution in [3.05, 3.63) is 0 Å². The molecule has 4 nitrogen and oxygen atoms in total. The lowest BCUT2D eigenvalue weighted by atomic mass is 9.88. The molecule has 0 radical (unpaired) electrons. The van der Waals surface area contributed by atoms with E-state index in [1.54, 1.807) is 0 Å². The molecule has 1 aliphatic carbocycles. The minimum absolute atomic E-state index is 0.224. The first-order valence-corrected chi connectivity index (χ1v) is 7.41. The monoisotopic (exact) mass is 251 g/mol. The molecule has 18 heavy (non-hydrogen) atoms. The molecule has 102 valence electrons. The fourth-order valence-electron chi connectivity index (χ4n) is 3.48. The number of nitrogens with zero attached hydrogens (tertiary/aromatic N) is 1. The van der Waals surface area contributed by atoms with Gasteiger partial charge in [-0.2, -0.15) is 0 Å². The Bertz CT molecular complexity index is 329. The molecule has 2 heterocycles. The Morgan fingerprint density at radius 3 is 2.72 bits per heavy atom. The number of carbonyl (C=O) groups is 1. The van der Waals surface area contributed by atoms with Gasteiger partial charge in [0.15, 0.2) is 0 Å². The molecule has 1 amide bonds. The van der Waals surface area contributed by atoms with Crippen molar-refractivity contribution >= 4 is 5.91 Å². The summed E-state index contributed by atoms with van der Waals surface area (Å²) < 4.78 is 0. The van der Waals surface area contributed by atoms with E-state index >= 15 is 0 Å². The number of fused-ring (bicyclic) bond motifs is 2. The molecule has 4 atom stereocenters. The van der Waals surface area contributed by atoms with Crippen molar-refractivity contribution in [1.82, 2.24) is 15.5 Å². The maximum Gasteiger partial charge on any atom is 0.224 e. The molecule has 0 aromatic carbocycles. The summed E-state index contributed by atoms with van der Waals surface area (Å²) in [5.41, 5.74) is 0. The van der Waals surface area contributed by atoms with Crippen LogP contribution in [0.1, 0.15) is 39.0 Å². The Morgan fingerprint density at radius 1 is 1.39 bits per heavy atom. The van der Waals surface area contributed by atoms with E-state index < -0.39 is 0 Å². The largest absolute Gasteiger partial charge is 0.354 e. The van der Waals surface area contributed by atoms with Gasteiger partial charge in [-0.1, -0.05) is 0 Å². The third-order valence-electron chi connectivity index (χ3n) is 5.03. The van der Waals surface area contributed by atoms with Crippen molar-refractivity contribution < 1.29 is 4.79 Å². The Hall–Kier alpha value is -0.610. The number of rotatable bonds is 5. The summed E-state index contributed by atoms with van der Waals surface area (Å²) in [4.78, 5) is 14.6. The molecule has 2 aliphatic heterocycles. The van der Waals surface area contributed by atoms with Crippen LogP contribution < -0.4 is 10.6 Å². The average Bonchev–Trinajstić information content (AvgIpc) is 3.02. The lowest BCUT2D eigenvalue weighted by Crippen LogP contribution is -2.44. The Balaban J connectivity index is 1.43. The maximum atomic E-state index is 12.2. The SMILES string of the molecule is CC(CNC(=O)C1CC2CCC1N2)N(C)C1CC1. The zero-order chi connectivity index (χ0) is 12.7. The predicted molar refractivity (Wildman–Crippen MR) is 71.3 cm³/mol. The fraction of sp³-hybridized carbons (Fsp3) is 0.929. The van der Waals surface area contributed by atoms with E-state index in [2.05, 4.69) is 29.5 Å². The van der Waals surface area contributed by atoms with E-state index in [1.165, 1.54) is 25.7 Å². The summed E-state index contributed by atoms with van der Waals surface area (Å²) in [5.74, 6) is 0.493. The van der Waals surface area contributed by atoms with Crippen LogP contribution in [0.15, 0.2) is 0 Å². The predicted octanol–water partition coefficient (Wildman–Crippen LogP) is 0.726. The quantitative estimate of drug-likeness (QED) is 0.757. The molecule has 0 aromatic heterocycles. The van der Waals surface area contributed by atoms with Crippen molar-refractivity contribution in [2.75, 3.05) is 13.6 Å². The van der Waals surface area contributed by atoms with Crippen LogP contribution in [0.5, 0.6) is 0 Å². The standard InChI is InChI=1S/C14H25N3O/c1-9(17(2)11-4-5-11)8-15-14(18)12-7-10-3-6-13(12)16-10/h9-13,16H,3-8H2,1-2H3,(H,15,18). The highest BCUT2D eigenvalue weighted by Crippen LogP contribution is 2.33. The number of nitrogens with one attached hydrogen (secondary N) is 2. The first-order valence-electron chi connectivity index (χ1n) is 7.41. The van der Waals surface area contributed by atoms with Crippen molar-refractivity contribution in [1.29, 1.82) is 0 Å². The first-order chi connectivity index (χ1) is 8.65. The second-order valence-electron chi connectivity index (χ2n) is 6.38. The lowest BCUT2D eigenvalue weighted by molar-refractivity contribution is -0.125. The van der Waals surface area contributed by atoms with Gasteiger partial charge in [0.1, 0.15) is 0 Å². The number of carbonyl (C=O) groups excluding carboxylic acids is 1. The fourth-order valence-corrected chi connectivity index (χ4v) is 3.48. The third kappa shape index (κ3) is 2.41. The molecule has 3 aliphatic rings. The van der Waals surface area contributed by atoms with E-state index in [9.17, 15) is 4.79 Å². The number of hydrogen-bond donors (Lipinski definition) is 2. The average molecular weight is 251 g/mol. The van der Waals surface area contributed by atoms with Gasteiger partial charge in [0, 0.05) is 30.7 Å². The molecule has 4 unspecified atom stereocenters. The zero-order valence-electron chi connectivity index (χ0n) is 11.5. The Morgan fingerprint density at radius 2 is 2.17 bits per heavy atom. The van der Waals surface area contributed by atoms with Crippen LogP contribution in [0.3, 0.4) is 0 Å². The van der Waals surface area contributed by atoms with Gasteiger partial charge in [-0.3, -0.25) is 9.69 Å². The topological polar surface area (TPSA) is 44.4 Å². The molecule has 4 heteroatoms. The second-order valence-corrected chi connectivity index (χ2v) is 6.38. The van der Waals surface area contributed by atoms with E-state index in [1.807, 2.05) is 0 Å². The summed E-state index contributed by atoms with van der Waals surface area (Å²) in [6, 6.07) is 2.28. The molecule has 0 aromatic rings.